The Hall–Kier alpha value is -0.0800. The molecule has 0 aromatic rings. The quantitative estimate of drug-likeness (QED) is 0.688. The maximum absolute atomic E-state index is 5.94. The number of hydrogen-bond acceptors (Lipinski definition) is 2. The van der Waals surface area contributed by atoms with Crippen LogP contribution in [0.5, 0.6) is 0 Å². The van der Waals surface area contributed by atoms with Crippen LogP contribution in [0, 0.1) is 5.92 Å². The molecule has 2 unspecified atom stereocenters. The Kier molecular flexibility index (Phi) is 3.74. The van der Waals surface area contributed by atoms with E-state index in [9.17, 15) is 0 Å². The molecule has 0 amide bonds. The van der Waals surface area contributed by atoms with Gasteiger partial charge in [-0.15, -0.1) is 0 Å². The fourth-order valence-corrected chi connectivity index (χ4v) is 1.97. The van der Waals surface area contributed by atoms with Gasteiger partial charge in [-0.25, -0.2) is 0 Å². The molecule has 1 aliphatic carbocycles. The zero-order chi connectivity index (χ0) is 9.90. The van der Waals surface area contributed by atoms with Gasteiger partial charge in [0, 0.05) is 11.6 Å². The summed E-state index contributed by atoms with van der Waals surface area (Å²) in [6, 6.07) is 0.459. The lowest BCUT2D eigenvalue weighted by molar-refractivity contribution is 0.283. The predicted molar refractivity (Wildman–Crippen MR) is 57.7 cm³/mol. The van der Waals surface area contributed by atoms with Crippen LogP contribution in [0.1, 0.15) is 46.5 Å². The number of hydrogen-bond donors (Lipinski definition) is 2. The third-order valence-electron chi connectivity index (χ3n) is 2.74. The van der Waals surface area contributed by atoms with Crippen molar-refractivity contribution in [2.45, 2.75) is 58.0 Å². The van der Waals surface area contributed by atoms with Gasteiger partial charge in [0.25, 0.3) is 0 Å². The summed E-state index contributed by atoms with van der Waals surface area (Å²) < 4.78 is 0. The molecule has 2 heteroatoms. The van der Waals surface area contributed by atoms with E-state index in [0.717, 1.165) is 12.5 Å². The molecule has 2 atom stereocenters. The lowest BCUT2D eigenvalue weighted by Gasteiger charge is -2.30. The summed E-state index contributed by atoms with van der Waals surface area (Å²) in [5.74, 6) is 0.808. The average molecular weight is 184 g/mol. The van der Waals surface area contributed by atoms with Crippen LogP contribution < -0.4 is 11.1 Å². The van der Waals surface area contributed by atoms with Crippen LogP contribution >= 0.6 is 0 Å². The topological polar surface area (TPSA) is 38.0 Å². The Morgan fingerprint density at radius 1 is 1.31 bits per heavy atom. The molecular formula is C11H24N2. The van der Waals surface area contributed by atoms with Crippen LogP contribution in [0.2, 0.25) is 0 Å². The van der Waals surface area contributed by atoms with E-state index in [1.54, 1.807) is 0 Å². The van der Waals surface area contributed by atoms with Gasteiger partial charge >= 0.3 is 0 Å². The van der Waals surface area contributed by atoms with Crippen molar-refractivity contribution in [3.8, 4) is 0 Å². The van der Waals surface area contributed by atoms with Crippen molar-refractivity contribution >= 4 is 0 Å². The first-order chi connectivity index (χ1) is 5.97. The van der Waals surface area contributed by atoms with Crippen molar-refractivity contribution < 1.29 is 0 Å². The zero-order valence-electron chi connectivity index (χ0n) is 9.27. The van der Waals surface area contributed by atoms with E-state index in [1.165, 1.54) is 25.7 Å². The summed E-state index contributed by atoms with van der Waals surface area (Å²) >= 11 is 0. The van der Waals surface area contributed by atoms with E-state index in [-0.39, 0.29) is 5.54 Å². The van der Waals surface area contributed by atoms with Crippen molar-refractivity contribution in [2.24, 2.45) is 11.7 Å². The van der Waals surface area contributed by atoms with Crippen LogP contribution in [-0.2, 0) is 0 Å². The van der Waals surface area contributed by atoms with E-state index >= 15 is 0 Å². The molecule has 0 aromatic heterocycles. The largest absolute Gasteiger partial charge is 0.328 e. The molecule has 78 valence electrons. The fraction of sp³-hybridized carbons (Fsp3) is 1.00. The molecule has 3 N–H and O–H groups in total. The number of nitrogens with one attached hydrogen (secondary N) is 1. The normalized spacial score (nSPS) is 30.5. The zero-order valence-corrected chi connectivity index (χ0v) is 9.27. The summed E-state index contributed by atoms with van der Waals surface area (Å²) in [6.45, 7) is 7.79. The Bertz CT molecular complexity index is 149. The fourth-order valence-electron chi connectivity index (χ4n) is 1.97. The summed E-state index contributed by atoms with van der Waals surface area (Å²) in [5, 5.41) is 3.56. The van der Waals surface area contributed by atoms with Gasteiger partial charge in [-0.2, -0.15) is 0 Å². The number of rotatable bonds is 2. The Morgan fingerprint density at radius 2 is 2.00 bits per heavy atom. The third-order valence-corrected chi connectivity index (χ3v) is 2.74. The highest BCUT2D eigenvalue weighted by Crippen LogP contribution is 2.22. The van der Waals surface area contributed by atoms with E-state index in [1.807, 2.05) is 0 Å². The minimum absolute atomic E-state index is 0.252. The second-order valence-electron chi connectivity index (χ2n) is 5.42. The lowest BCUT2D eigenvalue weighted by Crippen LogP contribution is -2.41. The second kappa shape index (κ2) is 4.43. The van der Waals surface area contributed by atoms with E-state index in [4.69, 9.17) is 5.73 Å². The predicted octanol–water partition coefficient (Wildman–Crippen LogP) is 1.89. The van der Waals surface area contributed by atoms with E-state index in [2.05, 4.69) is 26.1 Å². The molecular weight excluding hydrogens is 160 g/mol. The first-order valence-electron chi connectivity index (χ1n) is 5.48. The number of nitrogens with two attached hydrogens (primary N) is 1. The molecule has 1 fully saturated rings. The van der Waals surface area contributed by atoms with Crippen LogP contribution in [0.3, 0.4) is 0 Å². The summed E-state index contributed by atoms with van der Waals surface area (Å²) in [4.78, 5) is 0. The standard InChI is InChI=1S/C11H24N2/c1-11(2,3)13-8-9-5-4-6-10(12)7-9/h9-10,13H,4-8,12H2,1-3H3. The smallest absolute Gasteiger partial charge is 0.00966 e. The van der Waals surface area contributed by atoms with Gasteiger partial charge in [0.15, 0.2) is 0 Å². The van der Waals surface area contributed by atoms with E-state index < -0.39 is 0 Å². The minimum atomic E-state index is 0.252. The maximum atomic E-state index is 5.94. The van der Waals surface area contributed by atoms with Crippen molar-refractivity contribution in [1.82, 2.24) is 5.32 Å². The summed E-state index contributed by atoms with van der Waals surface area (Å²) in [5.41, 5.74) is 6.19. The van der Waals surface area contributed by atoms with Crippen LogP contribution in [0.4, 0.5) is 0 Å². The highest BCUT2D eigenvalue weighted by Gasteiger charge is 2.20. The van der Waals surface area contributed by atoms with Crippen molar-refractivity contribution in [3.63, 3.8) is 0 Å². The Labute approximate surface area is 82.3 Å². The highest BCUT2D eigenvalue weighted by molar-refractivity contribution is 4.79. The Morgan fingerprint density at radius 3 is 2.54 bits per heavy atom. The van der Waals surface area contributed by atoms with Gasteiger partial charge < -0.3 is 11.1 Å². The van der Waals surface area contributed by atoms with Crippen molar-refractivity contribution in [3.05, 3.63) is 0 Å². The van der Waals surface area contributed by atoms with E-state index in [0.29, 0.717) is 6.04 Å². The van der Waals surface area contributed by atoms with Crippen LogP contribution in [-0.4, -0.2) is 18.1 Å². The third kappa shape index (κ3) is 4.63. The second-order valence-corrected chi connectivity index (χ2v) is 5.42. The molecule has 0 saturated heterocycles. The molecule has 2 nitrogen and oxygen atoms in total. The molecule has 0 heterocycles. The van der Waals surface area contributed by atoms with Gasteiger partial charge in [0.1, 0.15) is 0 Å². The molecule has 13 heavy (non-hydrogen) atoms. The first kappa shape index (κ1) is 11.0. The van der Waals surface area contributed by atoms with Crippen LogP contribution in [0.15, 0.2) is 0 Å². The van der Waals surface area contributed by atoms with Crippen LogP contribution in [0.25, 0.3) is 0 Å². The molecule has 1 aliphatic rings. The Balaban J connectivity index is 2.21. The maximum Gasteiger partial charge on any atom is 0.00966 e. The van der Waals surface area contributed by atoms with Crippen molar-refractivity contribution in [2.75, 3.05) is 6.54 Å². The SMILES string of the molecule is CC(C)(C)NCC1CCCC(N)C1. The monoisotopic (exact) mass is 184 g/mol. The van der Waals surface area contributed by atoms with Gasteiger partial charge in [-0.1, -0.05) is 6.42 Å². The van der Waals surface area contributed by atoms with Gasteiger partial charge in [-0.3, -0.25) is 0 Å². The molecule has 0 aromatic carbocycles. The van der Waals surface area contributed by atoms with Gasteiger partial charge in [0.05, 0.1) is 0 Å². The van der Waals surface area contributed by atoms with Gasteiger partial charge in [0.2, 0.25) is 0 Å². The van der Waals surface area contributed by atoms with Crippen molar-refractivity contribution in [1.29, 1.82) is 0 Å². The molecule has 0 bridgehead atoms. The molecule has 1 rings (SSSR count). The van der Waals surface area contributed by atoms with Gasteiger partial charge in [-0.05, 0) is 52.5 Å². The lowest BCUT2D eigenvalue weighted by atomic mass is 9.86. The highest BCUT2D eigenvalue weighted by atomic mass is 14.9. The molecule has 1 saturated carbocycles. The summed E-state index contributed by atoms with van der Waals surface area (Å²) in [6.07, 6.45) is 5.11. The first-order valence-corrected chi connectivity index (χ1v) is 5.48. The molecule has 0 radical (unpaired) electrons. The molecule has 0 spiro atoms. The summed E-state index contributed by atoms with van der Waals surface area (Å²) in [7, 11) is 0. The molecule has 0 aliphatic heterocycles. The average Bonchev–Trinajstić information content (AvgIpc) is 2.00. The minimum Gasteiger partial charge on any atom is -0.328 e.